The van der Waals surface area contributed by atoms with E-state index in [2.05, 4.69) is 0 Å². The van der Waals surface area contributed by atoms with Crippen LogP contribution in [-0.2, 0) is 10.5 Å². The number of rotatable bonds is 5. The number of carbonyl (C=O) groups excluding carboxylic acids is 1. The number of thioether (sulfide) groups is 1. The van der Waals surface area contributed by atoms with Crippen molar-refractivity contribution in [1.29, 1.82) is 0 Å². The minimum absolute atomic E-state index is 0.0111. The Kier molecular flexibility index (Phi) is 4.64. The summed E-state index contributed by atoms with van der Waals surface area (Å²) >= 11 is 0.401. The van der Waals surface area contributed by atoms with Crippen LogP contribution in [0.1, 0.15) is 29.2 Å². The molecule has 1 aliphatic heterocycles. The molecule has 0 spiro atoms. The van der Waals surface area contributed by atoms with Crippen LogP contribution in [0.5, 0.6) is 0 Å². The molecule has 110 valence electrons. The van der Waals surface area contributed by atoms with Crippen molar-refractivity contribution in [2.75, 3.05) is 6.54 Å². The molecule has 1 aromatic rings. The lowest BCUT2D eigenvalue weighted by molar-refractivity contribution is -0.141. The molecule has 1 amide bonds. The largest absolute Gasteiger partial charge is 0.480 e. The van der Waals surface area contributed by atoms with Crippen LogP contribution in [0.2, 0.25) is 0 Å². The number of hydrogen-bond acceptors (Lipinski definition) is 4. The number of carbonyl (C=O) groups is 2. The summed E-state index contributed by atoms with van der Waals surface area (Å²) in [4.78, 5) is 24.4. The number of carboxylic acid groups (broad SMARTS) is 1. The van der Waals surface area contributed by atoms with Gasteiger partial charge in [0.2, 0.25) is 0 Å². The first kappa shape index (κ1) is 14.8. The van der Waals surface area contributed by atoms with Crippen LogP contribution in [-0.4, -0.2) is 40.2 Å². The van der Waals surface area contributed by atoms with Crippen molar-refractivity contribution >= 4 is 23.6 Å². The third-order valence-electron chi connectivity index (χ3n) is 3.02. The predicted octanol–water partition coefficient (Wildman–Crippen LogP) is 2.42. The van der Waals surface area contributed by atoms with Gasteiger partial charge >= 0.3 is 5.97 Å². The molecule has 0 aromatic carbocycles. The third-order valence-corrected chi connectivity index (χ3v) is 3.73. The first-order valence-corrected chi connectivity index (χ1v) is 7.06. The molecule has 0 unspecified atom stereocenters. The van der Waals surface area contributed by atoms with E-state index in [1.165, 1.54) is 17.0 Å². The van der Waals surface area contributed by atoms with Crippen LogP contribution in [0.3, 0.4) is 0 Å². The lowest BCUT2D eigenvalue weighted by atomic mass is 10.2. The van der Waals surface area contributed by atoms with Crippen molar-refractivity contribution in [1.82, 2.24) is 4.90 Å². The Bertz CT molecular complexity index is 505. The zero-order valence-corrected chi connectivity index (χ0v) is 11.2. The Morgan fingerprint density at radius 2 is 2.25 bits per heavy atom. The highest BCUT2D eigenvalue weighted by molar-refractivity contribution is 7.98. The Morgan fingerprint density at radius 1 is 1.50 bits per heavy atom. The van der Waals surface area contributed by atoms with E-state index >= 15 is 0 Å². The number of nitrogens with zero attached hydrogens (tertiary/aromatic N) is 1. The number of carboxylic acids is 1. The van der Waals surface area contributed by atoms with Crippen LogP contribution in [0.25, 0.3) is 0 Å². The van der Waals surface area contributed by atoms with Crippen molar-refractivity contribution in [3.63, 3.8) is 0 Å². The second kappa shape index (κ2) is 6.25. The van der Waals surface area contributed by atoms with Gasteiger partial charge in [-0.3, -0.25) is 4.79 Å². The van der Waals surface area contributed by atoms with E-state index in [-0.39, 0.29) is 17.3 Å². The van der Waals surface area contributed by atoms with Crippen LogP contribution in [0.15, 0.2) is 16.5 Å². The quantitative estimate of drug-likeness (QED) is 0.904. The molecule has 1 saturated heterocycles. The zero-order valence-electron chi connectivity index (χ0n) is 10.4. The molecule has 2 rings (SSSR count). The minimum atomic E-state index is -2.51. The van der Waals surface area contributed by atoms with E-state index < -0.39 is 23.7 Å². The second-order valence-electron chi connectivity index (χ2n) is 4.33. The minimum Gasteiger partial charge on any atom is -0.480 e. The molecular formula is C12H13F2NO4S. The van der Waals surface area contributed by atoms with E-state index in [0.717, 1.165) is 0 Å². The molecule has 1 N–H and O–H groups in total. The van der Waals surface area contributed by atoms with Crippen molar-refractivity contribution in [2.45, 2.75) is 30.4 Å². The molecule has 1 aliphatic rings. The van der Waals surface area contributed by atoms with Gasteiger partial charge in [0.25, 0.3) is 11.7 Å². The van der Waals surface area contributed by atoms with Crippen molar-refractivity contribution < 1.29 is 27.9 Å². The summed E-state index contributed by atoms with van der Waals surface area (Å²) in [7, 11) is 0. The van der Waals surface area contributed by atoms with Gasteiger partial charge in [0.05, 0.1) is 5.75 Å². The fraction of sp³-hybridized carbons (Fsp3) is 0.500. The number of likely N-dealkylation sites (tertiary alicyclic amines) is 1. The number of hydrogen-bond donors (Lipinski definition) is 1. The van der Waals surface area contributed by atoms with Gasteiger partial charge < -0.3 is 14.4 Å². The number of amides is 1. The Hall–Kier alpha value is -1.57. The third kappa shape index (κ3) is 3.30. The van der Waals surface area contributed by atoms with Gasteiger partial charge in [-0.2, -0.15) is 8.78 Å². The van der Waals surface area contributed by atoms with Crippen LogP contribution >= 0.6 is 11.8 Å². The zero-order chi connectivity index (χ0) is 14.7. The van der Waals surface area contributed by atoms with Crippen molar-refractivity contribution in [2.24, 2.45) is 0 Å². The molecule has 0 saturated carbocycles. The highest BCUT2D eigenvalue weighted by atomic mass is 32.2. The SMILES string of the molecule is O=C(O)[C@@H]1CCCN1C(=O)c1ccc(CSC(F)F)o1. The summed E-state index contributed by atoms with van der Waals surface area (Å²) in [6.45, 7) is 0.359. The average molecular weight is 305 g/mol. The molecule has 0 radical (unpaired) electrons. The first-order valence-electron chi connectivity index (χ1n) is 6.01. The maximum Gasteiger partial charge on any atom is 0.326 e. The van der Waals surface area contributed by atoms with E-state index in [0.29, 0.717) is 31.1 Å². The molecule has 0 bridgehead atoms. The number of furan rings is 1. The van der Waals surface area contributed by atoms with Gasteiger partial charge in [-0.05, 0) is 25.0 Å². The van der Waals surface area contributed by atoms with E-state index in [9.17, 15) is 18.4 Å². The van der Waals surface area contributed by atoms with Crippen LogP contribution in [0.4, 0.5) is 8.78 Å². The number of aliphatic carboxylic acids is 1. The summed E-state index contributed by atoms with van der Waals surface area (Å²) in [5, 5.41) is 9.02. The highest BCUT2D eigenvalue weighted by Gasteiger charge is 2.35. The van der Waals surface area contributed by atoms with Crippen molar-refractivity contribution in [3.05, 3.63) is 23.7 Å². The van der Waals surface area contributed by atoms with Gasteiger partial charge in [-0.15, -0.1) is 0 Å². The van der Waals surface area contributed by atoms with E-state index in [1.54, 1.807) is 0 Å². The van der Waals surface area contributed by atoms with Gasteiger partial charge in [-0.25, -0.2) is 4.79 Å². The lowest BCUT2D eigenvalue weighted by Gasteiger charge is -2.19. The average Bonchev–Trinajstić information content (AvgIpc) is 3.04. The maximum absolute atomic E-state index is 12.1. The van der Waals surface area contributed by atoms with E-state index in [4.69, 9.17) is 9.52 Å². The smallest absolute Gasteiger partial charge is 0.326 e. The summed E-state index contributed by atoms with van der Waals surface area (Å²) in [6.07, 6.45) is 1.04. The lowest BCUT2D eigenvalue weighted by Crippen LogP contribution is -2.40. The Morgan fingerprint density at radius 3 is 2.90 bits per heavy atom. The van der Waals surface area contributed by atoms with Crippen LogP contribution < -0.4 is 0 Å². The summed E-state index contributed by atoms with van der Waals surface area (Å²) < 4.78 is 29.3. The molecule has 0 aliphatic carbocycles. The van der Waals surface area contributed by atoms with Crippen LogP contribution in [0, 0.1) is 0 Å². The standard InChI is InChI=1S/C12H13F2NO4S/c13-12(14)20-6-7-3-4-9(19-7)10(16)15-5-1-2-8(15)11(17)18/h3-4,8,12H,1-2,5-6H2,(H,17,18)/t8-/m0/s1. The number of alkyl halides is 2. The van der Waals surface area contributed by atoms with Gasteiger partial charge in [-0.1, -0.05) is 11.8 Å². The highest BCUT2D eigenvalue weighted by Crippen LogP contribution is 2.24. The maximum atomic E-state index is 12.1. The topological polar surface area (TPSA) is 70.8 Å². The first-order chi connectivity index (χ1) is 9.49. The molecular weight excluding hydrogens is 292 g/mol. The van der Waals surface area contributed by atoms with Gasteiger partial charge in [0, 0.05) is 6.54 Å². The molecule has 20 heavy (non-hydrogen) atoms. The predicted molar refractivity (Wildman–Crippen MR) is 67.7 cm³/mol. The van der Waals surface area contributed by atoms with Gasteiger partial charge in [0.15, 0.2) is 5.76 Å². The molecule has 2 heterocycles. The van der Waals surface area contributed by atoms with Gasteiger partial charge in [0.1, 0.15) is 11.8 Å². The summed E-state index contributed by atoms with van der Waals surface area (Å²) in [6, 6.07) is 2.00. The fourth-order valence-corrected chi connectivity index (χ4v) is 2.57. The summed E-state index contributed by atoms with van der Waals surface area (Å²) in [5.74, 6) is -3.84. The Labute approximate surface area is 117 Å². The molecule has 1 fully saturated rings. The molecule has 1 atom stereocenters. The molecule has 1 aromatic heterocycles. The normalized spacial score (nSPS) is 18.8. The Balaban J connectivity index is 2.04. The van der Waals surface area contributed by atoms with Crippen molar-refractivity contribution in [3.8, 4) is 0 Å². The molecule has 8 heteroatoms. The monoisotopic (exact) mass is 305 g/mol. The number of halogens is 2. The fourth-order valence-electron chi connectivity index (χ4n) is 2.12. The molecule has 5 nitrogen and oxygen atoms in total. The van der Waals surface area contributed by atoms with E-state index in [1.807, 2.05) is 0 Å². The summed E-state index contributed by atoms with van der Waals surface area (Å²) in [5.41, 5.74) is 0. The second-order valence-corrected chi connectivity index (χ2v) is 5.31.